The molecule has 0 saturated heterocycles. The van der Waals surface area contributed by atoms with Gasteiger partial charge in [-0.15, -0.1) is 24.0 Å². The molecule has 0 aliphatic heterocycles. The minimum absolute atomic E-state index is 0. The third kappa shape index (κ3) is 5.25. The van der Waals surface area contributed by atoms with Gasteiger partial charge in [-0.25, -0.2) is 4.99 Å². The highest BCUT2D eigenvalue weighted by molar-refractivity contribution is 14.0. The van der Waals surface area contributed by atoms with E-state index in [9.17, 15) is 4.21 Å². The summed E-state index contributed by atoms with van der Waals surface area (Å²) in [6, 6.07) is 10.2. The number of aliphatic imine (C=N–C) groups is 1. The molecule has 1 aliphatic carbocycles. The number of nitrogens with one attached hydrogen (secondary N) is 1. The highest BCUT2D eigenvalue weighted by atomic mass is 127. The molecule has 0 bridgehead atoms. The second-order valence-electron chi connectivity index (χ2n) is 5.51. The standard InChI is InChI=1S/C15H23N3OS.HI/c1-18(2)14(16-11-13-7-5-4-6-8-13)17-12-15(9-10-15)20(3)19;/h4-8H,9-12H2,1-3H3,(H,16,17);1H. The molecule has 1 atom stereocenters. The molecule has 1 aliphatic rings. The first kappa shape index (κ1) is 18.4. The fourth-order valence-corrected chi connectivity index (χ4v) is 3.00. The quantitative estimate of drug-likeness (QED) is 0.451. The molecular formula is C15H24IN3OS. The first-order chi connectivity index (χ1) is 9.53. The first-order valence-corrected chi connectivity index (χ1v) is 8.42. The Balaban J connectivity index is 0.00000220. The molecule has 118 valence electrons. The van der Waals surface area contributed by atoms with Crippen molar-refractivity contribution in [3.63, 3.8) is 0 Å². The molecule has 1 aromatic carbocycles. The Hall–Kier alpha value is -0.630. The van der Waals surface area contributed by atoms with Gasteiger partial charge in [0.05, 0.1) is 11.3 Å². The molecule has 1 unspecified atom stereocenters. The van der Waals surface area contributed by atoms with Crippen molar-refractivity contribution < 1.29 is 4.21 Å². The molecule has 0 heterocycles. The molecule has 6 heteroatoms. The average Bonchev–Trinajstić information content (AvgIpc) is 3.20. The summed E-state index contributed by atoms with van der Waals surface area (Å²) in [5, 5.41) is 3.36. The SMILES string of the molecule is CN(C)C(=NCc1ccccc1)NCC1(S(C)=O)CC1.I. The van der Waals surface area contributed by atoms with E-state index in [4.69, 9.17) is 0 Å². The minimum atomic E-state index is -0.770. The fourth-order valence-electron chi connectivity index (χ4n) is 2.05. The third-order valence-electron chi connectivity index (χ3n) is 3.66. The van der Waals surface area contributed by atoms with Gasteiger partial charge in [0.15, 0.2) is 5.96 Å². The molecule has 4 nitrogen and oxygen atoms in total. The summed E-state index contributed by atoms with van der Waals surface area (Å²) in [7, 11) is 3.17. The summed E-state index contributed by atoms with van der Waals surface area (Å²) in [6.45, 7) is 1.39. The monoisotopic (exact) mass is 421 g/mol. The van der Waals surface area contributed by atoms with Gasteiger partial charge in [0.1, 0.15) is 0 Å². The van der Waals surface area contributed by atoms with Gasteiger partial charge in [-0.1, -0.05) is 30.3 Å². The van der Waals surface area contributed by atoms with Gasteiger partial charge in [-0.3, -0.25) is 4.21 Å². The summed E-state index contributed by atoms with van der Waals surface area (Å²) in [6.07, 6.45) is 3.89. The lowest BCUT2D eigenvalue weighted by Crippen LogP contribution is -2.42. The largest absolute Gasteiger partial charge is 0.355 e. The molecule has 0 amide bonds. The van der Waals surface area contributed by atoms with Crippen molar-refractivity contribution in [3.8, 4) is 0 Å². The Kier molecular flexibility index (Phi) is 7.12. The zero-order chi connectivity index (χ0) is 14.6. The topological polar surface area (TPSA) is 44.7 Å². The first-order valence-electron chi connectivity index (χ1n) is 6.87. The number of guanidine groups is 1. The molecule has 2 rings (SSSR count). The van der Waals surface area contributed by atoms with E-state index in [2.05, 4.69) is 22.4 Å². The summed E-state index contributed by atoms with van der Waals surface area (Å²) in [5.74, 6) is 0.852. The van der Waals surface area contributed by atoms with E-state index < -0.39 is 10.8 Å². The van der Waals surface area contributed by atoms with E-state index in [1.807, 2.05) is 37.2 Å². The van der Waals surface area contributed by atoms with E-state index >= 15 is 0 Å². The molecule has 1 N–H and O–H groups in total. The maximum Gasteiger partial charge on any atom is 0.193 e. The van der Waals surface area contributed by atoms with Crippen molar-refractivity contribution in [3.05, 3.63) is 35.9 Å². The van der Waals surface area contributed by atoms with Gasteiger partial charge in [0, 0.05) is 37.7 Å². The normalized spacial score (nSPS) is 17.6. The van der Waals surface area contributed by atoms with Crippen LogP contribution in [0.25, 0.3) is 0 Å². The lowest BCUT2D eigenvalue weighted by atomic mass is 10.2. The molecule has 0 radical (unpaired) electrons. The van der Waals surface area contributed by atoms with Crippen LogP contribution in [0.15, 0.2) is 35.3 Å². The number of nitrogens with zero attached hydrogens (tertiary/aromatic N) is 2. The van der Waals surface area contributed by atoms with Crippen LogP contribution in [-0.2, 0) is 17.3 Å². The highest BCUT2D eigenvalue weighted by Crippen LogP contribution is 2.40. The molecule has 21 heavy (non-hydrogen) atoms. The second kappa shape index (κ2) is 8.12. The highest BCUT2D eigenvalue weighted by Gasteiger charge is 2.46. The van der Waals surface area contributed by atoms with Gasteiger partial charge >= 0.3 is 0 Å². The van der Waals surface area contributed by atoms with Crippen LogP contribution in [0.5, 0.6) is 0 Å². The Labute approximate surface area is 146 Å². The van der Waals surface area contributed by atoms with E-state index in [0.29, 0.717) is 6.54 Å². The van der Waals surface area contributed by atoms with Crippen LogP contribution in [0.3, 0.4) is 0 Å². The van der Waals surface area contributed by atoms with Crippen molar-refractivity contribution in [2.24, 2.45) is 4.99 Å². The zero-order valence-electron chi connectivity index (χ0n) is 12.8. The van der Waals surface area contributed by atoms with Crippen LogP contribution in [0.1, 0.15) is 18.4 Å². The van der Waals surface area contributed by atoms with Crippen LogP contribution < -0.4 is 5.32 Å². The van der Waals surface area contributed by atoms with E-state index in [1.54, 1.807) is 6.26 Å². The van der Waals surface area contributed by atoms with Crippen LogP contribution in [-0.4, -0.2) is 46.7 Å². The number of hydrogen-bond donors (Lipinski definition) is 1. The van der Waals surface area contributed by atoms with E-state index in [1.165, 1.54) is 5.56 Å². The van der Waals surface area contributed by atoms with Gasteiger partial charge in [-0.05, 0) is 18.4 Å². The summed E-state index contributed by atoms with van der Waals surface area (Å²) in [4.78, 5) is 6.59. The van der Waals surface area contributed by atoms with Gasteiger partial charge in [0.2, 0.25) is 0 Å². The van der Waals surface area contributed by atoms with Crippen molar-refractivity contribution >= 4 is 40.7 Å². The van der Waals surface area contributed by atoms with Crippen molar-refractivity contribution in [2.45, 2.75) is 24.1 Å². The minimum Gasteiger partial charge on any atom is -0.355 e. The van der Waals surface area contributed by atoms with Crippen LogP contribution in [0, 0.1) is 0 Å². The third-order valence-corrected chi connectivity index (χ3v) is 5.44. The van der Waals surface area contributed by atoms with Crippen molar-refractivity contribution in [2.75, 3.05) is 26.9 Å². The lowest BCUT2D eigenvalue weighted by molar-refractivity contribution is 0.573. The zero-order valence-corrected chi connectivity index (χ0v) is 16.0. The molecular weight excluding hydrogens is 397 g/mol. The number of hydrogen-bond acceptors (Lipinski definition) is 2. The van der Waals surface area contributed by atoms with Crippen molar-refractivity contribution in [1.29, 1.82) is 0 Å². The fraction of sp³-hybridized carbons (Fsp3) is 0.533. The predicted octanol–water partition coefficient (Wildman–Crippen LogP) is 2.22. The Morgan fingerprint density at radius 1 is 1.33 bits per heavy atom. The number of benzene rings is 1. The summed E-state index contributed by atoms with van der Waals surface area (Å²) in [5.41, 5.74) is 1.19. The second-order valence-corrected chi connectivity index (χ2v) is 7.28. The maximum atomic E-state index is 11.7. The molecule has 0 spiro atoms. The molecule has 1 aromatic rings. The Morgan fingerprint density at radius 3 is 2.43 bits per heavy atom. The lowest BCUT2D eigenvalue weighted by Gasteiger charge is -2.20. The van der Waals surface area contributed by atoms with Gasteiger partial charge < -0.3 is 10.2 Å². The summed E-state index contributed by atoms with van der Waals surface area (Å²) < 4.78 is 11.7. The predicted molar refractivity (Wildman–Crippen MR) is 101 cm³/mol. The molecule has 1 fully saturated rings. The smallest absolute Gasteiger partial charge is 0.193 e. The van der Waals surface area contributed by atoms with Crippen LogP contribution in [0.4, 0.5) is 0 Å². The van der Waals surface area contributed by atoms with Gasteiger partial charge in [0.25, 0.3) is 0 Å². The van der Waals surface area contributed by atoms with Crippen molar-refractivity contribution in [1.82, 2.24) is 10.2 Å². The number of halogens is 1. The maximum absolute atomic E-state index is 11.7. The van der Waals surface area contributed by atoms with Gasteiger partial charge in [-0.2, -0.15) is 0 Å². The molecule has 1 saturated carbocycles. The Bertz CT molecular complexity index is 501. The van der Waals surface area contributed by atoms with Crippen LogP contribution in [0.2, 0.25) is 0 Å². The molecule has 0 aromatic heterocycles. The average molecular weight is 421 g/mol. The number of rotatable bonds is 5. The summed E-state index contributed by atoms with van der Waals surface area (Å²) >= 11 is 0. The van der Waals surface area contributed by atoms with Crippen LogP contribution >= 0.6 is 24.0 Å². The van der Waals surface area contributed by atoms with E-state index in [0.717, 1.165) is 25.3 Å². The Morgan fingerprint density at radius 2 is 1.95 bits per heavy atom. The van der Waals surface area contributed by atoms with E-state index in [-0.39, 0.29) is 28.7 Å².